The average Bonchev–Trinajstić information content (AvgIpc) is 2.95. The van der Waals surface area contributed by atoms with E-state index in [2.05, 4.69) is 14.2 Å². The van der Waals surface area contributed by atoms with Crippen molar-refractivity contribution in [2.24, 2.45) is 7.05 Å². The highest BCUT2D eigenvalue weighted by Gasteiger charge is 2.23. The quantitative estimate of drug-likeness (QED) is 0.898. The van der Waals surface area contributed by atoms with E-state index in [0.717, 1.165) is 11.5 Å². The fourth-order valence-corrected chi connectivity index (χ4v) is 3.75. The molecule has 2 rings (SSSR count). The van der Waals surface area contributed by atoms with Crippen LogP contribution in [0.25, 0.3) is 0 Å². The minimum atomic E-state index is -3.71. The zero-order valence-electron chi connectivity index (χ0n) is 10.7. The van der Waals surface area contributed by atoms with Crippen molar-refractivity contribution in [3.8, 4) is 5.88 Å². The molecule has 0 radical (unpaired) electrons. The van der Waals surface area contributed by atoms with Gasteiger partial charge in [0.1, 0.15) is 0 Å². The number of methoxy groups -OCH3 is 1. The summed E-state index contributed by atoms with van der Waals surface area (Å²) in [6.07, 6.45) is 2.26. The van der Waals surface area contributed by atoms with E-state index >= 15 is 0 Å². The number of nitrogens with zero attached hydrogens (tertiary/aromatic N) is 3. The molecule has 0 atom stereocenters. The van der Waals surface area contributed by atoms with Crippen molar-refractivity contribution in [3.05, 3.63) is 17.3 Å². The number of sulfonamides is 1. The van der Waals surface area contributed by atoms with E-state index in [-0.39, 0.29) is 10.8 Å². The first-order valence-electron chi connectivity index (χ1n) is 5.51. The molecule has 0 amide bonds. The number of aryl methyl sites for hydroxylation is 2. The fourth-order valence-electron chi connectivity index (χ4n) is 1.61. The standard InChI is InChI=1S/C10H14N4O3S2/c1-4-7-8(5-14(2)11-7)13-19(15,16)9-6-18-12-10(9)17-3/h5-6,13H,4H2,1-3H3. The summed E-state index contributed by atoms with van der Waals surface area (Å²) in [6.45, 7) is 1.91. The molecule has 0 aromatic carbocycles. The van der Waals surface area contributed by atoms with E-state index in [1.807, 2.05) is 6.92 Å². The van der Waals surface area contributed by atoms with Crippen molar-refractivity contribution in [3.63, 3.8) is 0 Å². The Labute approximate surface area is 115 Å². The van der Waals surface area contributed by atoms with Gasteiger partial charge in [0.15, 0.2) is 4.90 Å². The number of hydrogen-bond donors (Lipinski definition) is 1. The molecule has 0 aliphatic heterocycles. The number of nitrogens with one attached hydrogen (secondary N) is 1. The summed E-state index contributed by atoms with van der Waals surface area (Å²) in [6, 6.07) is 0. The molecule has 9 heteroatoms. The lowest BCUT2D eigenvalue weighted by molar-refractivity contribution is 0.391. The maximum atomic E-state index is 12.3. The van der Waals surface area contributed by atoms with E-state index in [9.17, 15) is 8.42 Å². The van der Waals surface area contributed by atoms with Crippen LogP contribution in [0.4, 0.5) is 5.69 Å². The Bertz CT molecular complexity index is 675. The first kappa shape index (κ1) is 13.8. The zero-order chi connectivity index (χ0) is 14.0. The van der Waals surface area contributed by atoms with Crippen LogP contribution < -0.4 is 9.46 Å². The fraction of sp³-hybridized carbons (Fsp3) is 0.400. The number of ether oxygens (including phenoxy) is 1. The average molecular weight is 302 g/mol. The lowest BCUT2D eigenvalue weighted by Gasteiger charge is -2.06. The molecule has 0 saturated carbocycles. The normalized spacial score (nSPS) is 11.5. The van der Waals surface area contributed by atoms with E-state index in [1.165, 1.54) is 12.5 Å². The van der Waals surface area contributed by atoms with Crippen molar-refractivity contribution in [2.45, 2.75) is 18.2 Å². The third-order valence-corrected chi connectivity index (χ3v) is 4.60. The van der Waals surface area contributed by atoms with Crippen molar-refractivity contribution >= 4 is 27.2 Å². The molecule has 19 heavy (non-hydrogen) atoms. The predicted octanol–water partition coefficient (Wildman–Crippen LogP) is 1.25. The van der Waals surface area contributed by atoms with Gasteiger partial charge in [0.05, 0.1) is 18.5 Å². The monoisotopic (exact) mass is 302 g/mol. The molecule has 1 N–H and O–H groups in total. The van der Waals surface area contributed by atoms with Crippen molar-refractivity contribution in [2.75, 3.05) is 11.8 Å². The number of rotatable bonds is 5. The Morgan fingerprint density at radius 1 is 1.53 bits per heavy atom. The third kappa shape index (κ3) is 2.71. The maximum absolute atomic E-state index is 12.3. The van der Waals surface area contributed by atoms with Gasteiger partial charge in [0, 0.05) is 18.6 Å². The van der Waals surface area contributed by atoms with E-state index in [0.29, 0.717) is 17.8 Å². The van der Waals surface area contributed by atoms with Gasteiger partial charge < -0.3 is 4.74 Å². The SMILES string of the molecule is CCc1nn(C)cc1NS(=O)(=O)c1csnc1OC. The van der Waals surface area contributed by atoms with Crippen LogP contribution in [0.3, 0.4) is 0 Å². The molecule has 104 valence electrons. The lowest BCUT2D eigenvalue weighted by Crippen LogP contribution is -2.13. The van der Waals surface area contributed by atoms with Crippen LogP contribution in [0.15, 0.2) is 16.5 Å². The van der Waals surface area contributed by atoms with Crippen LogP contribution in [0.2, 0.25) is 0 Å². The van der Waals surface area contributed by atoms with Gasteiger partial charge in [0.25, 0.3) is 10.0 Å². The molecule has 0 aliphatic rings. The summed E-state index contributed by atoms with van der Waals surface area (Å²) in [7, 11) is -0.588. The summed E-state index contributed by atoms with van der Waals surface area (Å²) in [5, 5.41) is 5.62. The second-order valence-corrected chi connectivity index (χ2v) is 6.09. The Balaban J connectivity index is 2.36. The maximum Gasteiger partial charge on any atom is 0.268 e. The Hall–Kier alpha value is -1.61. The van der Waals surface area contributed by atoms with Gasteiger partial charge in [-0.15, -0.1) is 0 Å². The van der Waals surface area contributed by atoms with Crippen LogP contribution in [-0.4, -0.2) is 29.7 Å². The van der Waals surface area contributed by atoms with Gasteiger partial charge in [-0.25, -0.2) is 8.42 Å². The van der Waals surface area contributed by atoms with Crippen LogP contribution in [-0.2, 0) is 23.5 Å². The zero-order valence-corrected chi connectivity index (χ0v) is 12.4. The van der Waals surface area contributed by atoms with Gasteiger partial charge in [0.2, 0.25) is 5.88 Å². The highest BCUT2D eigenvalue weighted by atomic mass is 32.2. The molecule has 0 bridgehead atoms. The second kappa shape index (κ2) is 5.17. The molecule has 0 unspecified atom stereocenters. The van der Waals surface area contributed by atoms with Gasteiger partial charge in [-0.2, -0.15) is 9.47 Å². The van der Waals surface area contributed by atoms with Crippen LogP contribution in [0.1, 0.15) is 12.6 Å². The summed E-state index contributed by atoms with van der Waals surface area (Å²) in [5.74, 6) is 0.0967. The second-order valence-electron chi connectivity index (χ2n) is 3.81. The van der Waals surface area contributed by atoms with Crippen LogP contribution in [0.5, 0.6) is 5.88 Å². The van der Waals surface area contributed by atoms with Crippen molar-refractivity contribution in [1.82, 2.24) is 14.2 Å². The van der Waals surface area contributed by atoms with Gasteiger partial charge >= 0.3 is 0 Å². The Kier molecular flexibility index (Phi) is 3.76. The molecule has 2 aromatic heterocycles. The molecule has 0 aliphatic carbocycles. The molecule has 0 fully saturated rings. The summed E-state index contributed by atoms with van der Waals surface area (Å²) in [4.78, 5) is 0.0332. The largest absolute Gasteiger partial charge is 0.479 e. The molecular formula is C10H14N4O3S2. The number of hydrogen-bond acceptors (Lipinski definition) is 6. The predicted molar refractivity (Wildman–Crippen MR) is 72.1 cm³/mol. The highest BCUT2D eigenvalue weighted by Crippen LogP contribution is 2.27. The lowest BCUT2D eigenvalue weighted by atomic mass is 10.3. The molecule has 7 nitrogen and oxygen atoms in total. The van der Waals surface area contributed by atoms with Crippen LogP contribution >= 0.6 is 11.5 Å². The smallest absolute Gasteiger partial charge is 0.268 e. The third-order valence-electron chi connectivity index (χ3n) is 2.47. The van der Waals surface area contributed by atoms with Crippen LogP contribution in [0, 0.1) is 0 Å². The molecule has 2 aromatic rings. The molecule has 2 heterocycles. The van der Waals surface area contributed by atoms with Crippen molar-refractivity contribution < 1.29 is 13.2 Å². The topological polar surface area (TPSA) is 86.1 Å². The van der Waals surface area contributed by atoms with E-state index < -0.39 is 10.0 Å². The highest BCUT2D eigenvalue weighted by molar-refractivity contribution is 7.93. The Morgan fingerprint density at radius 2 is 2.26 bits per heavy atom. The summed E-state index contributed by atoms with van der Waals surface area (Å²) >= 11 is 1.03. The number of anilines is 1. The van der Waals surface area contributed by atoms with Crippen molar-refractivity contribution in [1.29, 1.82) is 0 Å². The van der Waals surface area contributed by atoms with Gasteiger partial charge in [-0.05, 0) is 18.0 Å². The van der Waals surface area contributed by atoms with E-state index in [4.69, 9.17) is 4.74 Å². The first-order valence-corrected chi connectivity index (χ1v) is 7.83. The van der Waals surface area contributed by atoms with Gasteiger partial charge in [-0.3, -0.25) is 9.40 Å². The summed E-state index contributed by atoms with van der Waals surface area (Å²) < 4.78 is 37.4. The van der Waals surface area contributed by atoms with E-state index in [1.54, 1.807) is 17.9 Å². The Morgan fingerprint density at radius 3 is 2.89 bits per heavy atom. The molecule has 0 saturated heterocycles. The minimum Gasteiger partial charge on any atom is -0.479 e. The number of aromatic nitrogens is 3. The first-order chi connectivity index (χ1) is 8.97. The summed E-state index contributed by atoms with van der Waals surface area (Å²) in [5.41, 5.74) is 1.16. The molecule has 0 spiro atoms. The van der Waals surface area contributed by atoms with Gasteiger partial charge in [-0.1, -0.05) is 6.92 Å². The molecular weight excluding hydrogens is 288 g/mol. The minimum absolute atomic E-state index is 0.0332.